The van der Waals surface area contributed by atoms with Gasteiger partial charge in [-0.1, -0.05) is 30.3 Å². The molecule has 216 valence electrons. The molecule has 0 radical (unpaired) electrons. The lowest BCUT2D eigenvalue weighted by Gasteiger charge is -2.39. The number of carbonyl (C=O) groups is 1. The highest BCUT2D eigenvalue weighted by molar-refractivity contribution is 6.01. The number of hydrogen-bond donors (Lipinski definition) is 1. The van der Waals surface area contributed by atoms with Crippen molar-refractivity contribution in [3.05, 3.63) is 99.6 Å². The smallest absolute Gasteiger partial charge is 0.416 e. The first-order valence-electron chi connectivity index (χ1n) is 13.9. The summed E-state index contributed by atoms with van der Waals surface area (Å²) in [6.07, 6.45) is -1.30. The van der Waals surface area contributed by atoms with Gasteiger partial charge in [0.2, 0.25) is 0 Å². The number of rotatable bonds is 9. The van der Waals surface area contributed by atoms with E-state index in [0.29, 0.717) is 42.9 Å². The number of hydrogen-bond acceptors (Lipinski definition) is 3. The molecule has 8 heteroatoms. The van der Waals surface area contributed by atoms with E-state index in [2.05, 4.69) is 17.0 Å². The van der Waals surface area contributed by atoms with Crippen molar-refractivity contribution in [2.75, 3.05) is 33.4 Å². The third-order valence-electron chi connectivity index (χ3n) is 8.06. The van der Waals surface area contributed by atoms with Gasteiger partial charge in [-0.3, -0.25) is 4.39 Å². The van der Waals surface area contributed by atoms with Crippen LogP contribution in [0.4, 0.5) is 17.6 Å². The van der Waals surface area contributed by atoms with E-state index in [1.165, 1.54) is 13.2 Å². The number of aromatic carboxylic acids is 1. The van der Waals surface area contributed by atoms with Gasteiger partial charge in [-0.05, 0) is 102 Å². The van der Waals surface area contributed by atoms with Gasteiger partial charge in [0.15, 0.2) is 0 Å². The zero-order valence-corrected chi connectivity index (χ0v) is 22.9. The molecule has 0 bridgehead atoms. The highest BCUT2D eigenvalue weighted by atomic mass is 19.4. The number of methoxy groups -OCH3 is 1. The lowest BCUT2D eigenvalue weighted by Crippen LogP contribution is -2.47. The second kappa shape index (κ2) is 12.1. The maximum atomic E-state index is 13.8. The van der Waals surface area contributed by atoms with Crippen LogP contribution < -0.4 is 4.74 Å². The number of carboxylic acids is 1. The van der Waals surface area contributed by atoms with Crippen molar-refractivity contribution in [1.29, 1.82) is 0 Å². The zero-order chi connectivity index (χ0) is 29.1. The van der Waals surface area contributed by atoms with Crippen LogP contribution in [0.1, 0.15) is 63.0 Å². The van der Waals surface area contributed by atoms with Gasteiger partial charge >= 0.3 is 12.1 Å². The molecule has 0 amide bonds. The Bertz CT molecular complexity index is 1440. The van der Waals surface area contributed by atoms with Crippen LogP contribution >= 0.6 is 0 Å². The summed E-state index contributed by atoms with van der Waals surface area (Å²) in [7, 11) is 1.45. The molecule has 3 aromatic rings. The van der Waals surface area contributed by atoms with Crippen molar-refractivity contribution in [3.8, 4) is 5.75 Å². The lowest BCUT2D eigenvalue weighted by atomic mass is 9.85. The van der Waals surface area contributed by atoms with Crippen LogP contribution in [0.3, 0.4) is 0 Å². The summed E-state index contributed by atoms with van der Waals surface area (Å²) < 4.78 is 59.3. The minimum absolute atomic E-state index is 0.180. The molecule has 41 heavy (non-hydrogen) atoms. The Labute approximate surface area is 237 Å². The molecule has 4 nitrogen and oxygen atoms in total. The number of carboxylic acid groups (broad SMARTS) is 1. The van der Waals surface area contributed by atoms with Crippen LogP contribution in [0.2, 0.25) is 0 Å². The minimum Gasteiger partial charge on any atom is -0.496 e. The van der Waals surface area contributed by atoms with Gasteiger partial charge in [-0.2, -0.15) is 13.2 Å². The third-order valence-corrected chi connectivity index (χ3v) is 8.06. The van der Waals surface area contributed by atoms with Gasteiger partial charge in [0.1, 0.15) is 5.75 Å². The van der Waals surface area contributed by atoms with Gasteiger partial charge in [-0.25, -0.2) is 4.79 Å². The molecule has 0 unspecified atom stereocenters. The highest BCUT2D eigenvalue weighted by Gasteiger charge is 2.32. The van der Waals surface area contributed by atoms with E-state index < -0.39 is 17.7 Å². The summed E-state index contributed by atoms with van der Waals surface area (Å²) in [5.74, 6) is -0.154. The fourth-order valence-electron chi connectivity index (χ4n) is 6.05. The number of allylic oxidation sites excluding steroid dienone is 1. The molecule has 1 aliphatic carbocycles. The van der Waals surface area contributed by atoms with E-state index in [9.17, 15) is 27.5 Å². The maximum absolute atomic E-state index is 13.8. The maximum Gasteiger partial charge on any atom is 0.416 e. The summed E-state index contributed by atoms with van der Waals surface area (Å²) in [4.78, 5) is 14.0. The molecule has 1 saturated heterocycles. The first kappa shape index (κ1) is 28.9. The molecular formula is C33H33F4NO3. The first-order chi connectivity index (χ1) is 19.7. The van der Waals surface area contributed by atoms with E-state index in [-0.39, 0.29) is 12.2 Å². The van der Waals surface area contributed by atoms with Crippen molar-refractivity contribution < 1.29 is 32.2 Å². The summed E-state index contributed by atoms with van der Waals surface area (Å²) in [6, 6.07) is 16.7. The number of fused-ring (bicyclic) bond motifs is 1. The Morgan fingerprint density at radius 3 is 2.41 bits per heavy atom. The normalized spacial score (nSPS) is 16.2. The van der Waals surface area contributed by atoms with Crippen LogP contribution in [0.15, 0.2) is 60.7 Å². The van der Waals surface area contributed by atoms with E-state index in [1.807, 2.05) is 12.1 Å². The number of likely N-dealkylation sites (tertiary alicyclic amines) is 1. The monoisotopic (exact) mass is 567 g/mol. The molecule has 1 fully saturated rings. The van der Waals surface area contributed by atoms with E-state index in [0.717, 1.165) is 71.6 Å². The quantitative estimate of drug-likeness (QED) is 0.272. The number of aryl methyl sites for hydroxylation is 1. The number of nitrogens with zero attached hydrogens (tertiary/aromatic N) is 1. The molecule has 0 saturated carbocycles. The topological polar surface area (TPSA) is 49.8 Å². The average Bonchev–Trinajstić information content (AvgIpc) is 3.12. The largest absolute Gasteiger partial charge is 0.496 e. The number of ether oxygens (including phenoxy) is 1. The Morgan fingerprint density at radius 2 is 1.76 bits per heavy atom. The van der Waals surface area contributed by atoms with Gasteiger partial charge in [-0.15, -0.1) is 0 Å². The summed E-state index contributed by atoms with van der Waals surface area (Å²) in [5.41, 5.74) is 5.04. The van der Waals surface area contributed by atoms with Crippen molar-refractivity contribution in [1.82, 2.24) is 4.90 Å². The summed E-state index contributed by atoms with van der Waals surface area (Å²) in [6.45, 7) is 2.38. The average molecular weight is 568 g/mol. The Balaban J connectivity index is 1.57. The zero-order valence-electron chi connectivity index (χ0n) is 22.9. The van der Waals surface area contributed by atoms with Crippen molar-refractivity contribution >= 4 is 17.1 Å². The Hall–Kier alpha value is -3.65. The molecule has 2 aliphatic rings. The SMILES string of the molecule is COc1ccc(C(F)(F)F)cc1C1=C(c2ccc(CC3CN(CCCF)C3)cc2)c2ccc(C(=O)O)cc2CCC1. The number of halogens is 4. The van der Waals surface area contributed by atoms with Crippen LogP contribution in [0.5, 0.6) is 5.75 Å². The fraction of sp³-hybridized carbons (Fsp3) is 0.364. The molecule has 0 aromatic heterocycles. The van der Waals surface area contributed by atoms with Crippen LogP contribution in [0, 0.1) is 5.92 Å². The van der Waals surface area contributed by atoms with Gasteiger partial charge in [0.05, 0.1) is 24.9 Å². The predicted octanol–water partition coefficient (Wildman–Crippen LogP) is 7.54. The van der Waals surface area contributed by atoms with Crippen LogP contribution in [-0.2, 0) is 19.0 Å². The molecular weight excluding hydrogens is 534 g/mol. The highest BCUT2D eigenvalue weighted by Crippen LogP contribution is 2.44. The second-order valence-electron chi connectivity index (χ2n) is 10.9. The van der Waals surface area contributed by atoms with Gasteiger partial charge < -0.3 is 14.7 Å². The van der Waals surface area contributed by atoms with E-state index in [1.54, 1.807) is 18.2 Å². The summed E-state index contributed by atoms with van der Waals surface area (Å²) >= 11 is 0. The van der Waals surface area contributed by atoms with Crippen molar-refractivity contribution in [2.45, 2.75) is 38.3 Å². The Morgan fingerprint density at radius 1 is 1.00 bits per heavy atom. The van der Waals surface area contributed by atoms with Gasteiger partial charge in [0.25, 0.3) is 0 Å². The Kier molecular flexibility index (Phi) is 8.50. The molecule has 3 aromatic carbocycles. The van der Waals surface area contributed by atoms with Crippen molar-refractivity contribution in [3.63, 3.8) is 0 Å². The first-order valence-corrected chi connectivity index (χ1v) is 13.9. The molecule has 0 spiro atoms. The molecule has 5 rings (SSSR count). The molecule has 1 heterocycles. The number of benzene rings is 3. The van der Waals surface area contributed by atoms with Gasteiger partial charge in [0, 0.05) is 25.2 Å². The molecule has 1 N–H and O–H groups in total. The lowest BCUT2D eigenvalue weighted by molar-refractivity contribution is -0.137. The standard InChI is InChI=1S/C33H33F4NO3/c1-41-30-13-11-26(33(35,36)37)18-29(30)28-5-2-4-24-17-25(32(39)40)10-12-27(24)31(28)23-8-6-21(7-9-23)16-22-19-38(20-22)15-3-14-34/h6-13,17-18,22H,2-5,14-16,19-20H2,1H3,(H,39,40). The minimum atomic E-state index is -4.51. The predicted molar refractivity (Wildman–Crippen MR) is 151 cm³/mol. The van der Waals surface area contributed by atoms with Crippen LogP contribution in [0.25, 0.3) is 11.1 Å². The van der Waals surface area contributed by atoms with Crippen molar-refractivity contribution in [2.24, 2.45) is 5.92 Å². The number of alkyl halides is 4. The van der Waals surface area contributed by atoms with E-state index >= 15 is 0 Å². The fourth-order valence-corrected chi connectivity index (χ4v) is 6.05. The van der Waals surface area contributed by atoms with Crippen LogP contribution in [-0.4, -0.2) is 49.4 Å². The second-order valence-corrected chi connectivity index (χ2v) is 10.9. The third kappa shape index (κ3) is 6.32. The van der Waals surface area contributed by atoms with E-state index in [4.69, 9.17) is 4.74 Å². The summed E-state index contributed by atoms with van der Waals surface area (Å²) in [5, 5.41) is 9.58. The molecule has 1 aliphatic heterocycles. The molecule has 0 atom stereocenters.